The highest BCUT2D eigenvalue weighted by molar-refractivity contribution is 6.03. The molecule has 2 aromatic carbocycles. The fraction of sp³-hybridized carbons (Fsp3) is 0.316. The first-order valence-corrected chi connectivity index (χ1v) is 7.86. The van der Waals surface area contributed by atoms with E-state index in [-0.39, 0.29) is 5.60 Å². The van der Waals surface area contributed by atoms with Crippen LogP contribution in [0.4, 0.5) is 11.4 Å². The van der Waals surface area contributed by atoms with E-state index >= 15 is 0 Å². The molecular formula is C19H23N3O. The van der Waals surface area contributed by atoms with Crippen LogP contribution in [0, 0.1) is 0 Å². The largest absolute Gasteiger partial charge is 0.488 e. The van der Waals surface area contributed by atoms with Gasteiger partial charge in [-0.15, -0.1) is 0 Å². The number of hydrogen-bond donors (Lipinski definition) is 2. The zero-order valence-electron chi connectivity index (χ0n) is 13.9. The number of nitrogens with one attached hydrogen (secondary N) is 1. The first-order chi connectivity index (χ1) is 10.9. The van der Waals surface area contributed by atoms with Gasteiger partial charge in [-0.25, -0.2) is 0 Å². The predicted molar refractivity (Wildman–Crippen MR) is 96.1 cm³/mol. The summed E-state index contributed by atoms with van der Waals surface area (Å²) in [6.07, 6.45) is 0.811. The zero-order valence-corrected chi connectivity index (χ0v) is 13.9. The van der Waals surface area contributed by atoms with Crippen LogP contribution in [0.2, 0.25) is 0 Å². The third-order valence-electron chi connectivity index (χ3n) is 3.57. The molecule has 0 bridgehead atoms. The number of nitrogen functional groups attached to an aromatic ring is 1. The minimum atomic E-state index is -0.177. The average Bonchev–Trinajstić information content (AvgIpc) is 2.87. The molecule has 2 aromatic rings. The summed E-state index contributed by atoms with van der Waals surface area (Å²) in [5.41, 5.74) is 9.91. The molecule has 0 unspecified atom stereocenters. The van der Waals surface area contributed by atoms with E-state index < -0.39 is 0 Å². The van der Waals surface area contributed by atoms with Crippen LogP contribution in [-0.4, -0.2) is 11.4 Å². The van der Waals surface area contributed by atoms with Crippen molar-refractivity contribution in [3.05, 3.63) is 53.6 Å². The van der Waals surface area contributed by atoms with Crippen molar-refractivity contribution >= 4 is 17.2 Å². The number of rotatable bonds is 3. The lowest BCUT2D eigenvalue weighted by Crippen LogP contribution is -2.22. The first-order valence-electron chi connectivity index (χ1n) is 7.86. The van der Waals surface area contributed by atoms with E-state index in [1.165, 1.54) is 5.56 Å². The number of aliphatic imine (C=N–C) groups is 1. The van der Waals surface area contributed by atoms with E-state index in [1.807, 2.05) is 51.1 Å². The Morgan fingerprint density at radius 2 is 1.87 bits per heavy atom. The fourth-order valence-electron chi connectivity index (χ4n) is 2.56. The van der Waals surface area contributed by atoms with Gasteiger partial charge in [-0.3, -0.25) is 4.99 Å². The Morgan fingerprint density at radius 1 is 1.13 bits per heavy atom. The Kier molecular flexibility index (Phi) is 3.99. The molecule has 23 heavy (non-hydrogen) atoms. The first kappa shape index (κ1) is 15.4. The average molecular weight is 309 g/mol. The summed E-state index contributed by atoms with van der Waals surface area (Å²) in [5.74, 6) is 1.87. The van der Waals surface area contributed by atoms with Crippen molar-refractivity contribution in [1.82, 2.24) is 0 Å². The molecule has 0 atom stereocenters. The van der Waals surface area contributed by atoms with Crippen LogP contribution in [0.3, 0.4) is 0 Å². The Bertz CT molecular complexity index is 727. The molecule has 0 fully saturated rings. The predicted octanol–water partition coefficient (Wildman–Crippen LogP) is 4.01. The highest BCUT2D eigenvalue weighted by atomic mass is 16.5. The third kappa shape index (κ3) is 4.03. The molecule has 0 aromatic heterocycles. The van der Waals surface area contributed by atoms with Crippen molar-refractivity contribution < 1.29 is 4.74 Å². The van der Waals surface area contributed by atoms with Crippen molar-refractivity contribution in [1.29, 1.82) is 0 Å². The van der Waals surface area contributed by atoms with E-state index in [9.17, 15) is 0 Å². The maximum atomic E-state index is 5.83. The summed E-state index contributed by atoms with van der Waals surface area (Å²) in [5, 5.41) is 3.34. The number of nitrogens with two attached hydrogens (primary N) is 1. The lowest BCUT2D eigenvalue weighted by Gasteiger charge is -2.21. The van der Waals surface area contributed by atoms with Gasteiger partial charge in [-0.1, -0.05) is 12.1 Å². The van der Waals surface area contributed by atoms with E-state index in [2.05, 4.69) is 22.4 Å². The van der Waals surface area contributed by atoms with Crippen LogP contribution < -0.4 is 15.8 Å². The lowest BCUT2D eigenvalue weighted by atomic mass is 10.1. The molecule has 0 saturated carbocycles. The van der Waals surface area contributed by atoms with Crippen molar-refractivity contribution in [2.75, 3.05) is 11.1 Å². The molecule has 3 N–H and O–H groups in total. The molecule has 120 valence electrons. The second-order valence-corrected chi connectivity index (χ2v) is 6.84. The summed E-state index contributed by atoms with van der Waals surface area (Å²) in [7, 11) is 0. The van der Waals surface area contributed by atoms with Crippen LogP contribution in [0.25, 0.3) is 0 Å². The normalized spacial score (nSPS) is 15.3. The Morgan fingerprint density at radius 3 is 2.57 bits per heavy atom. The monoisotopic (exact) mass is 309 g/mol. The summed E-state index contributed by atoms with van der Waals surface area (Å²) < 4.78 is 5.83. The number of fused-ring (bicyclic) bond motifs is 1. The van der Waals surface area contributed by atoms with E-state index in [1.54, 1.807) is 0 Å². The molecule has 0 radical (unpaired) electrons. The second kappa shape index (κ2) is 5.95. The summed E-state index contributed by atoms with van der Waals surface area (Å²) in [6, 6.07) is 14.0. The summed E-state index contributed by atoms with van der Waals surface area (Å²) >= 11 is 0. The van der Waals surface area contributed by atoms with Crippen LogP contribution in [0.15, 0.2) is 47.5 Å². The molecule has 0 amide bonds. The number of benzene rings is 2. The second-order valence-electron chi connectivity index (χ2n) is 6.84. The van der Waals surface area contributed by atoms with Gasteiger partial charge >= 0.3 is 0 Å². The Balaban J connectivity index is 1.63. The van der Waals surface area contributed by atoms with Gasteiger partial charge in [-0.2, -0.15) is 0 Å². The fourth-order valence-corrected chi connectivity index (χ4v) is 2.56. The van der Waals surface area contributed by atoms with Gasteiger partial charge < -0.3 is 15.8 Å². The minimum absolute atomic E-state index is 0.177. The number of anilines is 2. The lowest BCUT2D eigenvalue weighted by molar-refractivity contribution is 0.131. The topological polar surface area (TPSA) is 59.6 Å². The number of hydrogen-bond acceptors (Lipinski definition) is 3. The highest BCUT2D eigenvalue weighted by Gasteiger charge is 2.15. The maximum absolute atomic E-state index is 5.83. The minimum Gasteiger partial charge on any atom is -0.488 e. The number of ether oxygens (including phenoxy) is 1. The van der Waals surface area contributed by atoms with Crippen LogP contribution in [-0.2, 0) is 13.0 Å². The molecular weight excluding hydrogens is 286 g/mol. The molecule has 0 aliphatic carbocycles. The third-order valence-corrected chi connectivity index (χ3v) is 3.57. The maximum Gasteiger partial charge on any atom is 0.120 e. The van der Waals surface area contributed by atoms with Gasteiger partial charge in [0.25, 0.3) is 0 Å². The molecule has 1 heterocycles. The molecule has 1 aliphatic heterocycles. The standard InChI is InChI=1S/C19H23N3O/c1-19(2,3)23-16-7-4-13(5-8-16)12-21-18-11-14-10-15(20)6-9-17(14)22-18/h4-10H,11-12,20H2,1-3H3,(H,21,22). The van der Waals surface area contributed by atoms with Crippen molar-refractivity contribution in [3.8, 4) is 5.75 Å². The Hall–Kier alpha value is -2.49. The number of nitrogens with zero attached hydrogens (tertiary/aromatic N) is 1. The summed E-state index contributed by atoms with van der Waals surface area (Å²) in [6.45, 7) is 6.79. The van der Waals surface area contributed by atoms with E-state index in [0.29, 0.717) is 6.54 Å². The van der Waals surface area contributed by atoms with Crippen molar-refractivity contribution in [2.45, 2.75) is 39.3 Å². The van der Waals surface area contributed by atoms with Gasteiger partial charge in [0.05, 0.1) is 6.54 Å². The van der Waals surface area contributed by atoms with Gasteiger partial charge in [-0.05, 0) is 62.2 Å². The number of amidine groups is 1. The van der Waals surface area contributed by atoms with Crippen LogP contribution in [0.1, 0.15) is 31.9 Å². The van der Waals surface area contributed by atoms with Crippen LogP contribution >= 0.6 is 0 Å². The molecule has 4 nitrogen and oxygen atoms in total. The molecule has 1 aliphatic rings. The van der Waals surface area contributed by atoms with E-state index in [4.69, 9.17) is 10.5 Å². The van der Waals surface area contributed by atoms with Gasteiger partial charge in [0, 0.05) is 17.8 Å². The molecule has 0 saturated heterocycles. The van der Waals surface area contributed by atoms with Crippen molar-refractivity contribution in [2.24, 2.45) is 4.99 Å². The Labute approximate surface area is 137 Å². The smallest absolute Gasteiger partial charge is 0.120 e. The van der Waals surface area contributed by atoms with Crippen LogP contribution in [0.5, 0.6) is 5.75 Å². The van der Waals surface area contributed by atoms with E-state index in [0.717, 1.165) is 34.9 Å². The zero-order chi connectivity index (χ0) is 16.4. The van der Waals surface area contributed by atoms with Gasteiger partial charge in [0.1, 0.15) is 17.2 Å². The van der Waals surface area contributed by atoms with Gasteiger partial charge in [0.15, 0.2) is 0 Å². The molecule has 4 heteroatoms. The SMILES string of the molecule is CC(C)(C)Oc1ccc(CN=C2Cc3cc(N)ccc3N2)cc1. The summed E-state index contributed by atoms with van der Waals surface area (Å²) in [4.78, 5) is 4.67. The molecule has 0 spiro atoms. The molecule has 3 rings (SSSR count). The highest BCUT2D eigenvalue weighted by Crippen LogP contribution is 2.25. The van der Waals surface area contributed by atoms with Crippen molar-refractivity contribution in [3.63, 3.8) is 0 Å². The van der Waals surface area contributed by atoms with Gasteiger partial charge in [0.2, 0.25) is 0 Å². The quantitative estimate of drug-likeness (QED) is 0.842.